The molecule has 0 saturated carbocycles. The van der Waals surface area contributed by atoms with Gasteiger partial charge in [-0.1, -0.05) is 35.9 Å². The van der Waals surface area contributed by atoms with Gasteiger partial charge in [-0.15, -0.1) is 0 Å². The van der Waals surface area contributed by atoms with E-state index in [2.05, 4.69) is 0 Å². The van der Waals surface area contributed by atoms with Crippen molar-refractivity contribution >= 4 is 17.4 Å². The molecule has 0 N–H and O–H groups in total. The van der Waals surface area contributed by atoms with Crippen molar-refractivity contribution in [2.24, 2.45) is 0 Å². The average Bonchev–Trinajstić information content (AvgIpc) is 2.42. The summed E-state index contributed by atoms with van der Waals surface area (Å²) in [4.78, 5) is 12.0. The molecular weight excluding hydrogens is 272 g/mol. The molecule has 2 aromatic rings. The molecule has 0 atom stereocenters. The van der Waals surface area contributed by atoms with E-state index in [-0.39, 0.29) is 5.78 Å². The van der Waals surface area contributed by atoms with E-state index in [4.69, 9.17) is 16.3 Å². The van der Waals surface area contributed by atoms with Crippen LogP contribution in [-0.2, 0) is 0 Å². The molecule has 3 heteroatoms. The molecule has 0 heterocycles. The maximum absolute atomic E-state index is 12.0. The smallest absolute Gasteiger partial charge is 0.166 e. The summed E-state index contributed by atoms with van der Waals surface area (Å²) in [5.74, 6) is 0.833. The summed E-state index contributed by atoms with van der Waals surface area (Å²) in [5, 5.41) is 0.621. The zero-order valence-electron chi connectivity index (χ0n) is 11.7. The quantitative estimate of drug-likeness (QED) is 0.751. The monoisotopic (exact) mass is 288 g/mol. The molecule has 0 aromatic heterocycles. The lowest BCUT2D eigenvalue weighted by atomic mass is 10.1. The van der Waals surface area contributed by atoms with Gasteiger partial charge in [0.05, 0.1) is 6.61 Å². The Kier molecular flexibility index (Phi) is 4.80. The molecule has 0 fully saturated rings. The summed E-state index contributed by atoms with van der Waals surface area (Å²) in [7, 11) is 0. The first-order chi connectivity index (χ1) is 9.56. The van der Waals surface area contributed by atoms with Crippen molar-refractivity contribution in [1.82, 2.24) is 0 Å². The molecule has 0 saturated heterocycles. The highest BCUT2D eigenvalue weighted by Gasteiger charge is 2.08. The van der Waals surface area contributed by atoms with Gasteiger partial charge in [0.15, 0.2) is 5.78 Å². The van der Waals surface area contributed by atoms with Crippen molar-refractivity contribution in [3.8, 4) is 5.75 Å². The molecule has 0 aliphatic rings. The number of aryl methyl sites for hydroxylation is 2. The van der Waals surface area contributed by atoms with Gasteiger partial charge in [0.25, 0.3) is 0 Å². The van der Waals surface area contributed by atoms with Crippen molar-refractivity contribution in [2.45, 2.75) is 20.3 Å². The summed E-state index contributed by atoms with van der Waals surface area (Å²) in [5.41, 5.74) is 2.74. The van der Waals surface area contributed by atoms with Crippen LogP contribution in [0.15, 0.2) is 42.5 Å². The summed E-state index contributed by atoms with van der Waals surface area (Å²) >= 11 is 6.02. The van der Waals surface area contributed by atoms with Crippen LogP contribution in [0.25, 0.3) is 0 Å². The Hall–Kier alpha value is -1.80. The molecule has 20 heavy (non-hydrogen) atoms. The van der Waals surface area contributed by atoms with Gasteiger partial charge in [-0.05, 0) is 43.2 Å². The highest BCUT2D eigenvalue weighted by Crippen LogP contribution is 2.18. The van der Waals surface area contributed by atoms with Gasteiger partial charge in [0.2, 0.25) is 0 Å². The highest BCUT2D eigenvalue weighted by atomic mass is 35.5. The fraction of sp³-hybridized carbons (Fsp3) is 0.235. The summed E-state index contributed by atoms with van der Waals surface area (Å²) in [6, 6.07) is 13.2. The van der Waals surface area contributed by atoms with Gasteiger partial charge in [0.1, 0.15) is 5.75 Å². The molecule has 0 spiro atoms. The number of ketones is 1. The van der Waals surface area contributed by atoms with Gasteiger partial charge in [-0.2, -0.15) is 0 Å². The normalized spacial score (nSPS) is 10.3. The van der Waals surface area contributed by atoms with Gasteiger partial charge in [-0.25, -0.2) is 0 Å². The van der Waals surface area contributed by atoms with Crippen LogP contribution < -0.4 is 4.74 Å². The van der Waals surface area contributed by atoms with E-state index in [9.17, 15) is 4.79 Å². The number of hydrogen-bond donors (Lipinski definition) is 0. The van der Waals surface area contributed by atoms with E-state index >= 15 is 0 Å². The van der Waals surface area contributed by atoms with Crippen molar-refractivity contribution in [3.05, 3.63) is 64.2 Å². The molecule has 0 amide bonds. The first-order valence-electron chi connectivity index (χ1n) is 6.55. The second kappa shape index (κ2) is 6.58. The van der Waals surface area contributed by atoms with Gasteiger partial charge < -0.3 is 4.74 Å². The fourth-order valence-corrected chi connectivity index (χ4v) is 2.06. The molecule has 2 rings (SSSR count). The second-order valence-electron chi connectivity index (χ2n) is 4.80. The predicted octanol–water partition coefficient (Wildman–Crippen LogP) is 4.61. The third-order valence-corrected chi connectivity index (χ3v) is 3.49. The van der Waals surface area contributed by atoms with Crippen molar-refractivity contribution in [2.75, 3.05) is 6.61 Å². The minimum absolute atomic E-state index is 0.0413. The minimum Gasteiger partial charge on any atom is -0.493 e. The number of halogens is 1. The number of ether oxygens (including phenoxy) is 1. The van der Waals surface area contributed by atoms with Gasteiger partial charge >= 0.3 is 0 Å². The number of hydrogen-bond acceptors (Lipinski definition) is 2. The van der Waals surface area contributed by atoms with E-state index in [1.165, 1.54) is 0 Å². The topological polar surface area (TPSA) is 26.3 Å². The number of rotatable bonds is 5. The van der Waals surface area contributed by atoms with Crippen LogP contribution in [0.5, 0.6) is 5.75 Å². The number of carbonyl (C=O) groups is 1. The first-order valence-corrected chi connectivity index (χ1v) is 6.93. The predicted molar refractivity (Wildman–Crippen MR) is 81.8 cm³/mol. The third-order valence-electron chi connectivity index (χ3n) is 3.08. The van der Waals surface area contributed by atoms with Crippen LogP contribution in [0, 0.1) is 13.8 Å². The van der Waals surface area contributed by atoms with Crippen molar-refractivity contribution in [1.29, 1.82) is 0 Å². The Morgan fingerprint density at radius 1 is 1.15 bits per heavy atom. The van der Waals surface area contributed by atoms with Crippen LogP contribution in [0.4, 0.5) is 0 Å². The largest absolute Gasteiger partial charge is 0.493 e. The van der Waals surface area contributed by atoms with E-state index < -0.39 is 0 Å². The van der Waals surface area contributed by atoms with E-state index in [1.807, 2.05) is 44.2 Å². The zero-order valence-corrected chi connectivity index (χ0v) is 12.4. The van der Waals surface area contributed by atoms with E-state index in [0.29, 0.717) is 23.6 Å². The maximum Gasteiger partial charge on any atom is 0.166 e. The van der Waals surface area contributed by atoms with Crippen LogP contribution in [-0.4, -0.2) is 12.4 Å². The van der Waals surface area contributed by atoms with Crippen LogP contribution >= 0.6 is 11.6 Å². The lowest BCUT2D eigenvalue weighted by Gasteiger charge is -2.07. The van der Waals surface area contributed by atoms with Crippen molar-refractivity contribution in [3.63, 3.8) is 0 Å². The Morgan fingerprint density at radius 2 is 1.95 bits per heavy atom. The molecule has 0 unspecified atom stereocenters. The molecule has 104 valence electrons. The molecule has 2 aromatic carbocycles. The van der Waals surface area contributed by atoms with Crippen LogP contribution in [0.1, 0.15) is 27.9 Å². The third kappa shape index (κ3) is 3.84. The summed E-state index contributed by atoms with van der Waals surface area (Å²) in [6.45, 7) is 4.29. The number of Topliss-reactive ketones (excluding diaryl/α,β-unsaturated/α-hetero) is 1. The van der Waals surface area contributed by atoms with Crippen LogP contribution in [0.2, 0.25) is 5.02 Å². The second-order valence-corrected chi connectivity index (χ2v) is 5.21. The van der Waals surface area contributed by atoms with Crippen molar-refractivity contribution < 1.29 is 9.53 Å². The Balaban J connectivity index is 1.90. The van der Waals surface area contributed by atoms with Gasteiger partial charge in [-0.3, -0.25) is 4.79 Å². The van der Waals surface area contributed by atoms with E-state index in [0.717, 1.165) is 16.9 Å². The standard InChI is InChI=1S/C17H17ClO2/c1-12-4-3-5-15(10-12)20-9-8-17(19)14-7-6-13(2)16(18)11-14/h3-7,10-11H,8-9H2,1-2H3. The summed E-state index contributed by atoms with van der Waals surface area (Å²) in [6.07, 6.45) is 0.341. The Labute approximate surface area is 124 Å². The number of carbonyl (C=O) groups excluding carboxylic acids is 1. The first kappa shape index (κ1) is 14.6. The highest BCUT2D eigenvalue weighted by molar-refractivity contribution is 6.31. The Bertz CT molecular complexity index is 620. The van der Waals surface area contributed by atoms with Crippen LogP contribution in [0.3, 0.4) is 0 Å². The molecule has 0 aliphatic heterocycles. The lowest BCUT2D eigenvalue weighted by Crippen LogP contribution is -2.07. The number of benzene rings is 2. The fourth-order valence-electron chi connectivity index (χ4n) is 1.88. The lowest BCUT2D eigenvalue weighted by molar-refractivity contribution is 0.0962. The summed E-state index contributed by atoms with van der Waals surface area (Å²) < 4.78 is 5.58. The average molecular weight is 289 g/mol. The molecule has 0 bridgehead atoms. The Morgan fingerprint density at radius 3 is 2.65 bits per heavy atom. The SMILES string of the molecule is Cc1cccc(OCCC(=O)c2ccc(C)c(Cl)c2)c1. The minimum atomic E-state index is 0.0413. The molecular formula is C17H17ClO2. The maximum atomic E-state index is 12.0. The van der Waals surface area contributed by atoms with E-state index in [1.54, 1.807) is 12.1 Å². The molecule has 2 nitrogen and oxygen atoms in total. The molecule has 0 aliphatic carbocycles. The zero-order chi connectivity index (χ0) is 14.5. The molecule has 0 radical (unpaired) electrons. The van der Waals surface area contributed by atoms with Gasteiger partial charge in [0, 0.05) is 17.0 Å².